The van der Waals surface area contributed by atoms with E-state index in [1.165, 1.54) is 11.3 Å². The van der Waals surface area contributed by atoms with Gasteiger partial charge in [-0.15, -0.1) is 11.3 Å². The first kappa shape index (κ1) is 32.8. The number of thiophene rings is 1. The van der Waals surface area contributed by atoms with Gasteiger partial charge in [-0.2, -0.15) is 5.10 Å². The summed E-state index contributed by atoms with van der Waals surface area (Å²) in [4.78, 5) is 42.3. The van der Waals surface area contributed by atoms with E-state index in [0.29, 0.717) is 45.9 Å². The molecule has 0 unspecified atom stereocenters. The summed E-state index contributed by atoms with van der Waals surface area (Å²) in [6.45, 7) is 5.67. The van der Waals surface area contributed by atoms with Crippen LogP contribution in [0, 0.1) is 11.8 Å². The molecule has 0 bridgehead atoms. The first-order valence-electron chi connectivity index (χ1n) is 14.8. The van der Waals surface area contributed by atoms with Gasteiger partial charge in [-0.05, 0) is 93.9 Å². The Morgan fingerprint density at radius 3 is 2.63 bits per heavy atom. The Balaban J connectivity index is 1.27. The first-order valence-corrected chi connectivity index (χ1v) is 16.4. The van der Waals surface area contributed by atoms with Crippen LogP contribution in [-0.2, 0) is 14.3 Å². The summed E-state index contributed by atoms with van der Waals surface area (Å²) >= 11 is 4.78. The predicted molar refractivity (Wildman–Crippen MR) is 180 cm³/mol. The lowest BCUT2D eigenvalue weighted by molar-refractivity contribution is -0.142. The summed E-state index contributed by atoms with van der Waals surface area (Å²) in [5.41, 5.74) is 2.35. The van der Waals surface area contributed by atoms with Gasteiger partial charge in [0, 0.05) is 32.7 Å². The molecule has 2 atom stereocenters. The lowest BCUT2D eigenvalue weighted by Gasteiger charge is -2.37. The SMILES string of the molecule is CC(C)(C)OC(=O)N[C@@H](C(=O)N1CCCC[C@H]1C(=O)Nc1ccc(C#Cc2cn[nH]c2-c2cc(Br)ccc2O)cc1)c1cccs1. The number of likely N-dealkylation sites (tertiary alicyclic amines) is 1. The molecule has 2 aromatic heterocycles. The molecule has 0 radical (unpaired) electrons. The van der Waals surface area contributed by atoms with Gasteiger partial charge in [-0.25, -0.2) is 4.79 Å². The van der Waals surface area contributed by atoms with Crippen LogP contribution in [0.25, 0.3) is 11.3 Å². The standard InChI is InChI=1S/C34H34BrN5O5S/c1-34(2,3)45-33(44)38-30(28-8-6-18-46-28)32(43)40-17-5-4-7-26(40)31(42)37-24-14-10-21(11-15-24)9-12-22-20-36-39-29(22)25-19-23(35)13-16-27(25)41/h6,8,10-11,13-16,18-20,26,30,41H,4-5,7,17H2,1-3H3,(H,36,39)(H,37,42)(H,38,44)/t26-,30+/m0/s1. The van der Waals surface area contributed by atoms with Crippen molar-refractivity contribution in [2.75, 3.05) is 11.9 Å². The molecule has 1 aliphatic heterocycles. The molecule has 5 rings (SSSR count). The maximum absolute atomic E-state index is 13.9. The topological polar surface area (TPSA) is 137 Å². The molecule has 1 saturated heterocycles. The summed E-state index contributed by atoms with van der Waals surface area (Å²) in [6, 6.07) is 14.2. The number of nitrogens with one attached hydrogen (secondary N) is 3. The van der Waals surface area contributed by atoms with Crippen LogP contribution in [0.1, 0.15) is 62.1 Å². The number of hydrogen-bond donors (Lipinski definition) is 4. The number of phenols is 1. The van der Waals surface area contributed by atoms with Crippen LogP contribution in [-0.4, -0.2) is 56.3 Å². The van der Waals surface area contributed by atoms with Crippen molar-refractivity contribution in [3.8, 4) is 28.8 Å². The van der Waals surface area contributed by atoms with E-state index in [1.807, 2.05) is 11.4 Å². The molecule has 238 valence electrons. The van der Waals surface area contributed by atoms with Crippen molar-refractivity contribution in [3.05, 3.63) is 86.7 Å². The van der Waals surface area contributed by atoms with Crippen LogP contribution in [0.5, 0.6) is 5.75 Å². The highest BCUT2D eigenvalue weighted by atomic mass is 79.9. The van der Waals surface area contributed by atoms with Gasteiger partial charge < -0.3 is 25.4 Å². The van der Waals surface area contributed by atoms with Crippen molar-refractivity contribution in [2.24, 2.45) is 0 Å². The number of anilines is 1. The van der Waals surface area contributed by atoms with Gasteiger partial charge in [-0.1, -0.05) is 33.8 Å². The van der Waals surface area contributed by atoms with Crippen LogP contribution in [0.2, 0.25) is 0 Å². The minimum Gasteiger partial charge on any atom is -0.507 e. The zero-order valence-electron chi connectivity index (χ0n) is 25.6. The van der Waals surface area contributed by atoms with Crippen LogP contribution >= 0.6 is 27.3 Å². The van der Waals surface area contributed by atoms with E-state index in [4.69, 9.17) is 4.74 Å². The molecular formula is C34H34BrN5O5S. The number of aromatic hydroxyl groups is 1. The fourth-order valence-corrected chi connectivity index (χ4v) is 6.19. The average Bonchev–Trinajstić information content (AvgIpc) is 3.72. The molecule has 46 heavy (non-hydrogen) atoms. The largest absolute Gasteiger partial charge is 0.507 e. The number of phenolic OH excluding ortho intramolecular Hbond substituents is 1. The molecule has 4 N–H and O–H groups in total. The molecule has 0 saturated carbocycles. The third kappa shape index (κ3) is 8.16. The maximum atomic E-state index is 13.9. The van der Waals surface area contributed by atoms with Crippen molar-refractivity contribution < 1.29 is 24.2 Å². The fourth-order valence-electron chi connectivity index (χ4n) is 5.07. The second kappa shape index (κ2) is 14.2. The third-order valence-corrected chi connectivity index (χ3v) is 8.62. The molecule has 0 aliphatic carbocycles. The first-order chi connectivity index (χ1) is 22.0. The zero-order valence-corrected chi connectivity index (χ0v) is 28.0. The highest BCUT2D eigenvalue weighted by Gasteiger charge is 2.37. The number of ether oxygens (including phenoxy) is 1. The van der Waals surface area contributed by atoms with Gasteiger partial charge >= 0.3 is 6.09 Å². The lowest BCUT2D eigenvalue weighted by Crippen LogP contribution is -2.53. The van der Waals surface area contributed by atoms with E-state index >= 15 is 0 Å². The number of carbonyl (C=O) groups is 3. The molecule has 2 aromatic carbocycles. The maximum Gasteiger partial charge on any atom is 0.408 e. The predicted octanol–water partition coefficient (Wildman–Crippen LogP) is 6.59. The number of carbonyl (C=O) groups excluding carboxylic acids is 3. The van der Waals surface area contributed by atoms with E-state index in [9.17, 15) is 19.5 Å². The summed E-state index contributed by atoms with van der Waals surface area (Å²) in [7, 11) is 0. The van der Waals surface area contributed by atoms with E-state index in [-0.39, 0.29) is 17.6 Å². The number of halogens is 1. The quantitative estimate of drug-likeness (QED) is 0.167. The van der Waals surface area contributed by atoms with Crippen molar-refractivity contribution in [1.29, 1.82) is 0 Å². The number of hydrogen-bond acceptors (Lipinski definition) is 7. The number of alkyl carbamates (subject to hydrolysis) is 1. The van der Waals surface area contributed by atoms with Crippen LogP contribution < -0.4 is 10.6 Å². The Hall–Kier alpha value is -4.60. The second-order valence-electron chi connectivity index (χ2n) is 11.8. The normalized spacial score (nSPS) is 15.3. The lowest BCUT2D eigenvalue weighted by atomic mass is 9.99. The number of amides is 3. The number of piperidine rings is 1. The Labute approximate surface area is 279 Å². The smallest absolute Gasteiger partial charge is 0.408 e. The third-order valence-electron chi connectivity index (χ3n) is 7.19. The molecule has 10 nitrogen and oxygen atoms in total. The molecule has 12 heteroatoms. The monoisotopic (exact) mass is 703 g/mol. The van der Waals surface area contributed by atoms with Crippen molar-refractivity contribution in [1.82, 2.24) is 20.4 Å². The van der Waals surface area contributed by atoms with Gasteiger partial charge in [0.25, 0.3) is 5.91 Å². The number of nitrogens with zero attached hydrogens (tertiary/aromatic N) is 2. The van der Waals surface area contributed by atoms with Gasteiger partial charge in [0.15, 0.2) is 0 Å². The number of aromatic nitrogens is 2. The van der Waals surface area contributed by atoms with E-state index in [1.54, 1.807) is 80.4 Å². The minimum atomic E-state index is -0.968. The zero-order chi connectivity index (χ0) is 32.8. The van der Waals surface area contributed by atoms with Crippen LogP contribution in [0.4, 0.5) is 10.5 Å². The van der Waals surface area contributed by atoms with Crippen molar-refractivity contribution in [3.63, 3.8) is 0 Å². The Morgan fingerprint density at radius 1 is 1.13 bits per heavy atom. The highest BCUT2D eigenvalue weighted by Crippen LogP contribution is 2.32. The second-order valence-corrected chi connectivity index (χ2v) is 13.7. The Bertz CT molecular complexity index is 1770. The Morgan fingerprint density at radius 2 is 1.91 bits per heavy atom. The van der Waals surface area contributed by atoms with Gasteiger partial charge in [-0.3, -0.25) is 14.7 Å². The van der Waals surface area contributed by atoms with Gasteiger partial charge in [0.05, 0.1) is 17.5 Å². The molecule has 1 aliphatic rings. The van der Waals surface area contributed by atoms with Gasteiger partial charge in [0.1, 0.15) is 23.4 Å². The fraction of sp³-hybridized carbons (Fsp3) is 0.294. The van der Waals surface area contributed by atoms with E-state index < -0.39 is 23.8 Å². The van der Waals surface area contributed by atoms with E-state index in [2.05, 4.69) is 48.6 Å². The summed E-state index contributed by atoms with van der Waals surface area (Å²) < 4.78 is 6.23. The molecule has 4 aromatic rings. The summed E-state index contributed by atoms with van der Waals surface area (Å²) in [5.74, 6) is 5.65. The van der Waals surface area contributed by atoms with Crippen molar-refractivity contribution in [2.45, 2.75) is 57.7 Å². The number of rotatable bonds is 6. The van der Waals surface area contributed by atoms with Crippen LogP contribution in [0.15, 0.2) is 70.6 Å². The minimum absolute atomic E-state index is 0.107. The molecule has 3 heterocycles. The summed E-state index contributed by atoms with van der Waals surface area (Å²) in [5, 5.41) is 24.8. The highest BCUT2D eigenvalue weighted by molar-refractivity contribution is 9.10. The molecular weight excluding hydrogens is 670 g/mol. The Kier molecular flexibility index (Phi) is 10.1. The number of H-pyrrole nitrogens is 1. The summed E-state index contributed by atoms with van der Waals surface area (Å²) in [6.07, 6.45) is 2.96. The number of aromatic amines is 1. The average molecular weight is 705 g/mol. The molecule has 1 fully saturated rings. The van der Waals surface area contributed by atoms with Gasteiger partial charge in [0.2, 0.25) is 5.91 Å². The van der Waals surface area contributed by atoms with E-state index in [0.717, 1.165) is 17.3 Å². The molecule has 0 spiro atoms. The number of benzene rings is 2. The van der Waals surface area contributed by atoms with Crippen LogP contribution in [0.3, 0.4) is 0 Å². The van der Waals surface area contributed by atoms with Crippen molar-refractivity contribution >= 4 is 50.9 Å². The molecule has 3 amide bonds.